The van der Waals surface area contributed by atoms with E-state index < -0.39 is 0 Å². The van der Waals surface area contributed by atoms with E-state index in [0.717, 1.165) is 44.6 Å². The van der Waals surface area contributed by atoms with Gasteiger partial charge in [-0.3, -0.25) is 0 Å². The Morgan fingerprint density at radius 2 is 0.690 bits per heavy atom. The van der Waals surface area contributed by atoms with Crippen LogP contribution in [-0.4, -0.2) is 13.7 Å². The number of fused-ring (bicyclic) bond motifs is 12. The fourth-order valence-corrected chi connectivity index (χ4v) is 9.73. The van der Waals surface area contributed by atoms with Crippen molar-refractivity contribution in [3.63, 3.8) is 0 Å². The number of hydrogen-bond acceptors (Lipinski definition) is 1. The van der Waals surface area contributed by atoms with Gasteiger partial charge in [-0.1, -0.05) is 115 Å². The van der Waals surface area contributed by atoms with E-state index in [0.29, 0.717) is 0 Å². The van der Waals surface area contributed by atoms with Gasteiger partial charge >= 0.3 is 0 Å². The molecule has 4 aromatic heterocycles. The first kappa shape index (κ1) is 31.4. The molecule has 4 heterocycles. The number of para-hydroxylation sites is 5. The van der Waals surface area contributed by atoms with Crippen molar-refractivity contribution in [2.75, 3.05) is 0 Å². The van der Waals surface area contributed by atoms with Crippen LogP contribution in [0.4, 0.5) is 0 Å². The van der Waals surface area contributed by atoms with Crippen LogP contribution in [0, 0.1) is 0 Å². The van der Waals surface area contributed by atoms with Gasteiger partial charge in [0, 0.05) is 60.2 Å². The second kappa shape index (κ2) is 11.8. The molecule has 0 aliphatic rings. The highest BCUT2D eigenvalue weighted by atomic mass is 16.3. The summed E-state index contributed by atoms with van der Waals surface area (Å²) in [6, 6.07) is 72.5. The molecule has 4 heteroatoms. The molecule has 0 unspecified atom stereocenters. The summed E-state index contributed by atoms with van der Waals surface area (Å²) in [7, 11) is 0. The summed E-state index contributed by atoms with van der Waals surface area (Å²) in [5, 5.41) is 9.68. The second-order valence-corrected chi connectivity index (χ2v) is 15.3. The summed E-state index contributed by atoms with van der Waals surface area (Å²) in [4.78, 5) is 0. The van der Waals surface area contributed by atoms with Crippen molar-refractivity contribution in [1.29, 1.82) is 0 Å². The molecule has 0 aliphatic carbocycles. The number of nitrogens with zero attached hydrogens (tertiary/aromatic N) is 3. The van der Waals surface area contributed by atoms with Gasteiger partial charge in [0.2, 0.25) is 0 Å². The Kier molecular flexibility index (Phi) is 6.41. The van der Waals surface area contributed by atoms with Crippen molar-refractivity contribution in [1.82, 2.24) is 13.7 Å². The zero-order valence-electron chi connectivity index (χ0n) is 31.3. The maximum absolute atomic E-state index is 6.25. The van der Waals surface area contributed by atoms with Gasteiger partial charge in [0.05, 0.1) is 33.1 Å². The van der Waals surface area contributed by atoms with Gasteiger partial charge in [-0.2, -0.15) is 0 Å². The van der Waals surface area contributed by atoms with Crippen molar-refractivity contribution in [3.05, 3.63) is 200 Å². The molecule has 58 heavy (non-hydrogen) atoms. The molecule has 9 aromatic carbocycles. The molecule has 0 saturated heterocycles. The quantitative estimate of drug-likeness (QED) is 0.177. The van der Waals surface area contributed by atoms with E-state index in [-0.39, 0.29) is 0 Å². The molecule has 4 nitrogen and oxygen atoms in total. The molecular formula is C54H33N3O. The Bertz CT molecular complexity index is 3770. The van der Waals surface area contributed by atoms with Crippen LogP contribution in [0.3, 0.4) is 0 Å². The summed E-state index contributed by atoms with van der Waals surface area (Å²) in [6.07, 6.45) is 0. The van der Waals surface area contributed by atoms with Crippen LogP contribution in [0.5, 0.6) is 0 Å². The summed E-state index contributed by atoms with van der Waals surface area (Å²) >= 11 is 0. The highest BCUT2D eigenvalue weighted by Crippen LogP contribution is 2.43. The number of hydrogen-bond donors (Lipinski definition) is 0. The van der Waals surface area contributed by atoms with Crippen molar-refractivity contribution in [3.8, 4) is 28.2 Å². The minimum absolute atomic E-state index is 0.908. The third-order valence-electron chi connectivity index (χ3n) is 12.2. The highest BCUT2D eigenvalue weighted by molar-refractivity contribution is 6.23. The molecule has 0 radical (unpaired) electrons. The lowest BCUT2D eigenvalue weighted by atomic mass is 9.99. The fourth-order valence-electron chi connectivity index (χ4n) is 9.73. The molecule has 0 saturated carbocycles. The van der Waals surface area contributed by atoms with Gasteiger partial charge in [0.15, 0.2) is 0 Å². The summed E-state index contributed by atoms with van der Waals surface area (Å²) in [5.41, 5.74) is 14.7. The minimum atomic E-state index is 0.908. The maximum Gasteiger partial charge on any atom is 0.136 e. The van der Waals surface area contributed by atoms with Crippen LogP contribution < -0.4 is 0 Å². The first-order valence-electron chi connectivity index (χ1n) is 19.8. The van der Waals surface area contributed by atoms with Crippen LogP contribution in [0.25, 0.3) is 116 Å². The molecule has 13 aromatic rings. The molecule has 0 aliphatic heterocycles. The monoisotopic (exact) mass is 739 g/mol. The molecule has 0 atom stereocenters. The molecule has 0 bridgehead atoms. The van der Waals surface area contributed by atoms with E-state index in [9.17, 15) is 0 Å². The zero-order valence-corrected chi connectivity index (χ0v) is 31.3. The lowest BCUT2D eigenvalue weighted by Gasteiger charge is -2.11. The number of benzene rings is 9. The lowest BCUT2D eigenvalue weighted by Crippen LogP contribution is -1.95. The Labute approximate surface area is 332 Å². The average molecular weight is 740 g/mol. The first-order chi connectivity index (χ1) is 28.8. The Hall–Kier alpha value is -7.82. The Morgan fingerprint density at radius 3 is 1.24 bits per heavy atom. The van der Waals surface area contributed by atoms with E-state index in [1.807, 2.05) is 12.1 Å². The third-order valence-corrected chi connectivity index (χ3v) is 12.2. The number of aromatic nitrogens is 3. The van der Waals surface area contributed by atoms with Gasteiger partial charge in [-0.15, -0.1) is 0 Å². The molecule has 0 spiro atoms. The average Bonchev–Trinajstić information content (AvgIpc) is 4.01. The minimum Gasteiger partial charge on any atom is -0.456 e. The Morgan fingerprint density at radius 1 is 0.276 bits per heavy atom. The van der Waals surface area contributed by atoms with Crippen molar-refractivity contribution in [2.45, 2.75) is 0 Å². The van der Waals surface area contributed by atoms with Gasteiger partial charge < -0.3 is 18.1 Å². The SMILES string of the molecule is c1ccc(-n2c3ccccc3c3cc4c(cc32)c2cc3c(cc2n4-c2ccccc2)c2ccccc2n3-c2ccc(-c3cccc4oc5ccccc5c34)cc2)cc1. The zero-order chi connectivity index (χ0) is 37.9. The van der Waals surface area contributed by atoms with Gasteiger partial charge in [0.25, 0.3) is 0 Å². The van der Waals surface area contributed by atoms with Gasteiger partial charge in [-0.25, -0.2) is 0 Å². The van der Waals surface area contributed by atoms with Crippen LogP contribution in [0.2, 0.25) is 0 Å². The van der Waals surface area contributed by atoms with Crippen LogP contribution in [-0.2, 0) is 0 Å². The van der Waals surface area contributed by atoms with Crippen molar-refractivity contribution >= 4 is 87.4 Å². The van der Waals surface area contributed by atoms with Crippen LogP contribution >= 0.6 is 0 Å². The molecule has 0 amide bonds. The highest BCUT2D eigenvalue weighted by Gasteiger charge is 2.22. The van der Waals surface area contributed by atoms with E-state index in [1.165, 1.54) is 71.0 Å². The standard InChI is InChI=1S/C54H33N3O/c1-3-14-35(15-4-1)55-46-22-10-7-18-39(46)42-30-50-44(32-48(42)55)45-33-49-43(31-51(45)57(50)36-16-5-2-6-17-36)40-19-8-11-23-47(40)56(49)37-28-26-34(27-29-37)38-21-13-25-53-54(38)41-20-9-12-24-52(41)58-53/h1-33H. The molecule has 0 fully saturated rings. The fraction of sp³-hybridized carbons (Fsp3) is 0. The van der Waals surface area contributed by atoms with E-state index in [2.05, 4.69) is 202 Å². The summed E-state index contributed by atoms with van der Waals surface area (Å²) in [6.45, 7) is 0. The largest absolute Gasteiger partial charge is 0.456 e. The topological polar surface area (TPSA) is 27.9 Å². The second-order valence-electron chi connectivity index (χ2n) is 15.3. The predicted molar refractivity (Wildman–Crippen MR) is 242 cm³/mol. The normalized spacial score (nSPS) is 12.1. The smallest absolute Gasteiger partial charge is 0.136 e. The summed E-state index contributed by atoms with van der Waals surface area (Å²) in [5.74, 6) is 0. The number of furan rings is 1. The van der Waals surface area contributed by atoms with E-state index >= 15 is 0 Å². The third kappa shape index (κ3) is 4.34. The van der Waals surface area contributed by atoms with Gasteiger partial charge in [-0.05, 0) is 96.1 Å². The van der Waals surface area contributed by atoms with Crippen LogP contribution in [0.1, 0.15) is 0 Å². The summed E-state index contributed by atoms with van der Waals surface area (Å²) < 4.78 is 13.6. The molecule has 13 rings (SSSR count). The van der Waals surface area contributed by atoms with E-state index in [4.69, 9.17) is 4.42 Å². The van der Waals surface area contributed by atoms with Gasteiger partial charge in [0.1, 0.15) is 11.2 Å². The molecule has 270 valence electrons. The lowest BCUT2D eigenvalue weighted by molar-refractivity contribution is 0.669. The van der Waals surface area contributed by atoms with Crippen LogP contribution in [0.15, 0.2) is 205 Å². The molecular weight excluding hydrogens is 707 g/mol. The van der Waals surface area contributed by atoms with Crippen molar-refractivity contribution < 1.29 is 4.42 Å². The predicted octanol–water partition coefficient (Wildman–Crippen LogP) is 14.5. The van der Waals surface area contributed by atoms with Crippen molar-refractivity contribution in [2.24, 2.45) is 0 Å². The first-order valence-corrected chi connectivity index (χ1v) is 19.8. The van der Waals surface area contributed by atoms with E-state index in [1.54, 1.807) is 0 Å². The Balaban J connectivity index is 1.09. The number of rotatable bonds is 4. The molecule has 0 N–H and O–H groups in total. The maximum atomic E-state index is 6.25.